The zero-order valence-electron chi connectivity index (χ0n) is 10.2. The molecular formula is C11H16FO3S3+. The lowest BCUT2D eigenvalue weighted by molar-refractivity contribution is 0.417. The van der Waals surface area contributed by atoms with Gasteiger partial charge in [-0.3, -0.25) is 0 Å². The maximum absolute atomic E-state index is 10.1. The lowest BCUT2D eigenvalue weighted by atomic mass is 10.2. The van der Waals surface area contributed by atoms with E-state index in [9.17, 15) is 3.89 Å². The Bertz CT molecular complexity index is 446. The topological polar surface area (TPSA) is 57.2 Å². The molecule has 3 nitrogen and oxygen atoms in total. The third-order valence-corrected chi connectivity index (χ3v) is 8.46. The average Bonchev–Trinajstić information content (AvgIpc) is 2.57. The fraction of sp³-hybridized carbons (Fsp3) is 0.455. The summed E-state index contributed by atoms with van der Waals surface area (Å²) in [5.41, 5.74) is 1.57. The van der Waals surface area contributed by atoms with Crippen molar-refractivity contribution in [2.24, 2.45) is 0 Å². The quantitative estimate of drug-likeness (QED) is 0.450. The average molecular weight is 311 g/mol. The van der Waals surface area contributed by atoms with Crippen LogP contribution in [0.15, 0.2) is 30.3 Å². The summed E-state index contributed by atoms with van der Waals surface area (Å²) < 4.78 is 36.2. The van der Waals surface area contributed by atoms with Crippen LogP contribution in [-0.4, -0.2) is 37.0 Å². The van der Waals surface area contributed by atoms with Gasteiger partial charge in [0.1, 0.15) is 12.5 Å². The lowest BCUT2D eigenvalue weighted by Gasteiger charge is -2.05. The molecule has 1 aromatic carbocycles. The highest BCUT2D eigenvalue weighted by atomic mass is 32.3. The Labute approximate surface area is 114 Å². The van der Waals surface area contributed by atoms with E-state index >= 15 is 0 Å². The van der Waals surface area contributed by atoms with Gasteiger partial charge in [-0.1, -0.05) is 18.2 Å². The second kappa shape index (κ2) is 6.79. The van der Waals surface area contributed by atoms with E-state index in [0.29, 0.717) is 21.8 Å². The van der Waals surface area contributed by atoms with Crippen LogP contribution in [0.1, 0.15) is 10.1 Å². The van der Waals surface area contributed by atoms with E-state index in [4.69, 9.17) is 13.0 Å². The van der Waals surface area contributed by atoms with Crippen molar-refractivity contribution in [3.8, 4) is 0 Å². The molecule has 102 valence electrons. The van der Waals surface area contributed by atoms with Crippen molar-refractivity contribution in [3.05, 3.63) is 35.9 Å². The molecule has 0 aromatic heterocycles. The molecule has 0 bridgehead atoms. The summed E-state index contributed by atoms with van der Waals surface area (Å²) in [7, 11) is -4.18. The predicted molar refractivity (Wildman–Crippen MR) is 76.3 cm³/mol. The molecule has 2 unspecified atom stereocenters. The normalized spacial score (nSPS) is 27.4. The highest BCUT2D eigenvalue weighted by molar-refractivity contribution is 8.15. The van der Waals surface area contributed by atoms with E-state index in [0.717, 1.165) is 4.58 Å². The highest BCUT2D eigenvalue weighted by Gasteiger charge is 2.47. The third kappa shape index (κ3) is 5.60. The summed E-state index contributed by atoms with van der Waals surface area (Å²) in [6, 6.07) is 11.0. The molecule has 1 aromatic rings. The van der Waals surface area contributed by atoms with Crippen molar-refractivity contribution < 1.29 is 16.9 Å². The van der Waals surface area contributed by atoms with Crippen molar-refractivity contribution in [1.29, 1.82) is 0 Å². The number of rotatable bonds is 1. The molecule has 2 atom stereocenters. The van der Waals surface area contributed by atoms with Crippen LogP contribution >= 0.6 is 0 Å². The van der Waals surface area contributed by atoms with Crippen LogP contribution in [0.5, 0.6) is 0 Å². The second-order valence-electron chi connectivity index (χ2n) is 3.93. The molecule has 0 N–H and O–H groups in total. The minimum absolute atomic E-state index is 0.621. The second-order valence-corrected chi connectivity index (χ2v) is 9.53. The van der Waals surface area contributed by atoms with E-state index in [1.807, 2.05) is 0 Å². The van der Waals surface area contributed by atoms with E-state index < -0.39 is 10.5 Å². The summed E-state index contributed by atoms with van der Waals surface area (Å²) in [6.45, 7) is 0. The first-order chi connectivity index (χ1) is 8.29. The maximum Gasteiger partial charge on any atom is 0.291 e. The molecule has 0 amide bonds. The summed E-state index contributed by atoms with van der Waals surface area (Å²) in [5.74, 6) is 2.89. The number of halogens is 1. The SMILES string of the molecule is C[S+]1CC[S+](C)C1c1ccccc1.O=S(=O)([O-])F. The van der Waals surface area contributed by atoms with Crippen LogP contribution in [0.3, 0.4) is 0 Å². The molecule has 7 heteroatoms. The Hall–Kier alpha value is -0.240. The van der Waals surface area contributed by atoms with Crippen molar-refractivity contribution >= 4 is 32.3 Å². The molecule has 1 aliphatic rings. The standard InChI is InChI=1S/C11H16S2.FHO3S/c1-12-8-9-13(2)11(12)10-6-4-3-5-7-10;1-5(2,3)4/h3-7,11H,8-9H2,1-2H3;(H,2,3,4)/q+2;/p-1. The number of hydrogen-bond donors (Lipinski definition) is 0. The minimum Gasteiger partial charge on any atom is -0.722 e. The first-order valence-electron chi connectivity index (χ1n) is 5.22. The van der Waals surface area contributed by atoms with Crippen LogP contribution in [0.25, 0.3) is 0 Å². The van der Waals surface area contributed by atoms with Crippen molar-refractivity contribution in [2.45, 2.75) is 4.58 Å². The van der Waals surface area contributed by atoms with Gasteiger partial charge in [-0.05, 0) is 12.1 Å². The molecule has 0 radical (unpaired) electrons. The monoisotopic (exact) mass is 311 g/mol. The molecule has 1 heterocycles. The Morgan fingerprint density at radius 2 is 1.56 bits per heavy atom. The lowest BCUT2D eigenvalue weighted by Crippen LogP contribution is -2.12. The Kier molecular flexibility index (Phi) is 5.97. The molecular weight excluding hydrogens is 295 g/mol. The first kappa shape index (κ1) is 15.8. The molecule has 0 saturated carbocycles. The van der Waals surface area contributed by atoms with Gasteiger partial charge >= 0.3 is 0 Å². The van der Waals surface area contributed by atoms with Crippen LogP contribution < -0.4 is 0 Å². The molecule has 0 spiro atoms. The van der Waals surface area contributed by atoms with Gasteiger partial charge in [0.05, 0.1) is 5.56 Å². The van der Waals surface area contributed by atoms with Gasteiger partial charge < -0.3 is 4.55 Å². The Balaban J connectivity index is 0.000000280. The molecule has 1 aliphatic heterocycles. The fourth-order valence-corrected chi connectivity index (χ4v) is 8.43. The molecule has 18 heavy (non-hydrogen) atoms. The van der Waals surface area contributed by atoms with Crippen LogP contribution in [-0.2, 0) is 32.3 Å². The zero-order valence-corrected chi connectivity index (χ0v) is 12.7. The van der Waals surface area contributed by atoms with E-state index in [1.54, 1.807) is 5.56 Å². The Morgan fingerprint density at radius 1 is 1.17 bits per heavy atom. The van der Waals surface area contributed by atoms with Crippen LogP contribution in [0, 0.1) is 0 Å². The molecule has 2 rings (SSSR count). The van der Waals surface area contributed by atoms with Crippen LogP contribution in [0.2, 0.25) is 0 Å². The van der Waals surface area contributed by atoms with Gasteiger partial charge in [-0.25, -0.2) is 8.42 Å². The van der Waals surface area contributed by atoms with Gasteiger partial charge in [0, 0.05) is 21.8 Å². The van der Waals surface area contributed by atoms with Crippen molar-refractivity contribution in [3.63, 3.8) is 0 Å². The molecule has 1 fully saturated rings. The zero-order chi connectivity index (χ0) is 13.8. The van der Waals surface area contributed by atoms with Crippen molar-refractivity contribution in [1.82, 2.24) is 0 Å². The van der Waals surface area contributed by atoms with Gasteiger partial charge in [-0.2, -0.15) is 0 Å². The van der Waals surface area contributed by atoms with Gasteiger partial charge in [-0.15, -0.1) is 3.89 Å². The smallest absolute Gasteiger partial charge is 0.291 e. The summed E-state index contributed by atoms with van der Waals surface area (Å²) in [4.78, 5) is 0. The van der Waals surface area contributed by atoms with Crippen LogP contribution in [0.4, 0.5) is 3.89 Å². The van der Waals surface area contributed by atoms with E-state index in [-0.39, 0.29) is 0 Å². The fourth-order valence-electron chi connectivity index (χ4n) is 1.83. The number of benzene rings is 1. The minimum atomic E-state index is -5.42. The Morgan fingerprint density at radius 3 is 1.94 bits per heavy atom. The maximum atomic E-state index is 10.1. The van der Waals surface area contributed by atoms with Gasteiger partial charge in [0.25, 0.3) is 15.1 Å². The summed E-state index contributed by atoms with van der Waals surface area (Å²) >= 11 is 0. The predicted octanol–water partition coefficient (Wildman–Crippen LogP) is 1.61. The summed E-state index contributed by atoms with van der Waals surface area (Å²) in [5, 5.41) is 0. The number of hydrogen-bond acceptors (Lipinski definition) is 3. The molecule has 0 aliphatic carbocycles. The van der Waals surface area contributed by atoms with Gasteiger partial charge in [0.15, 0.2) is 11.5 Å². The highest BCUT2D eigenvalue weighted by Crippen LogP contribution is 2.35. The third-order valence-electron chi connectivity index (χ3n) is 2.53. The van der Waals surface area contributed by atoms with E-state index in [2.05, 4.69) is 42.8 Å². The first-order valence-corrected chi connectivity index (χ1v) is 10.3. The largest absolute Gasteiger partial charge is 0.722 e. The summed E-state index contributed by atoms with van der Waals surface area (Å²) in [6.07, 6.45) is 4.85. The van der Waals surface area contributed by atoms with Crippen molar-refractivity contribution in [2.75, 3.05) is 24.0 Å². The molecule has 1 saturated heterocycles. The van der Waals surface area contributed by atoms with Gasteiger partial charge in [0.2, 0.25) is 0 Å². The van der Waals surface area contributed by atoms with E-state index in [1.165, 1.54) is 11.5 Å².